The normalized spacial score (nSPS) is 11.8. The fraction of sp³-hybridized carbons (Fsp3) is 0.455. The molecular formula is C11H17N5O2. The lowest BCUT2D eigenvalue weighted by molar-refractivity contribution is -0.384. The zero-order chi connectivity index (χ0) is 13.5. The largest absolute Gasteiger partial charge is 0.378 e. The van der Waals surface area contributed by atoms with Crippen molar-refractivity contribution in [2.45, 2.75) is 32.2 Å². The summed E-state index contributed by atoms with van der Waals surface area (Å²) in [6, 6.07) is 0.172. The molecular weight excluding hydrogens is 234 g/mol. The Labute approximate surface area is 105 Å². The zero-order valence-electron chi connectivity index (χ0n) is 10.3. The number of nitrogens with two attached hydrogens (primary N) is 1. The molecule has 0 aromatic carbocycles. The van der Waals surface area contributed by atoms with Crippen LogP contribution in [0.25, 0.3) is 0 Å². The lowest BCUT2D eigenvalue weighted by Crippen LogP contribution is -2.17. The van der Waals surface area contributed by atoms with Gasteiger partial charge in [0.15, 0.2) is 0 Å². The van der Waals surface area contributed by atoms with Gasteiger partial charge < -0.3 is 11.1 Å². The molecule has 98 valence electrons. The number of hydrogen-bond donors (Lipinski definition) is 2. The van der Waals surface area contributed by atoms with Gasteiger partial charge in [-0.2, -0.15) is 4.98 Å². The molecule has 0 amide bonds. The maximum absolute atomic E-state index is 10.5. The second kappa shape index (κ2) is 6.53. The van der Waals surface area contributed by atoms with Crippen molar-refractivity contribution in [3.05, 3.63) is 29.0 Å². The van der Waals surface area contributed by atoms with E-state index in [2.05, 4.69) is 21.9 Å². The van der Waals surface area contributed by atoms with Crippen LogP contribution in [0.3, 0.4) is 0 Å². The van der Waals surface area contributed by atoms with Gasteiger partial charge in [0.25, 0.3) is 0 Å². The predicted molar refractivity (Wildman–Crippen MR) is 70.2 cm³/mol. The molecule has 1 heterocycles. The molecule has 1 aromatic rings. The van der Waals surface area contributed by atoms with E-state index >= 15 is 0 Å². The molecule has 0 fully saturated rings. The number of hydrogen-bond acceptors (Lipinski definition) is 6. The van der Waals surface area contributed by atoms with Crippen LogP contribution in [0, 0.1) is 10.1 Å². The van der Waals surface area contributed by atoms with Gasteiger partial charge in [0.1, 0.15) is 6.20 Å². The molecule has 18 heavy (non-hydrogen) atoms. The topological polar surface area (TPSA) is 107 Å². The molecule has 7 nitrogen and oxygen atoms in total. The van der Waals surface area contributed by atoms with Gasteiger partial charge in [-0.3, -0.25) is 10.1 Å². The molecule has 0 radical (unpaired) electrons. The molecule has 0 saturated carbocycles. The van der Waals surface area contributed by atoms with Crippen molar-refractivity contribution in [2.24, 2.45) is 0 Å². The van der Waals surface area contributed by atoms with Crippen LogP contribution in [0.4, 0.5) is 17.5 Å². The smallest absolute Gasteiger partial charge is 0.329 e. The summed E-state index contributed by atoms with van der Waals surface area (Å²) in [5.41, 5.74) is 5.20. The van der Waals surface area contributed by atoms with Gasteiger partial charge in [-0.25, -0.2) is 4.98 Å². The third kappa shape index (κ3) is 4.00. The summed E-state index contributed by atoms with van der Waals surface area (Å²) in [6.45, 7) is 5.64. The van der Waals surface area contributed by atoms with E-state index in [1.165, 1.54) is 0 Å². The van der Waals surface area contributed by atoms with Crippen LogP contribution in [-0.4, -0.2) is 20.9 Å². The van der Waals surface area contributed by atoms with Crippen LogP contribution in [0.2, 0.25) is 0 Å². The Morgan fingerprint density at radius 2 is 2.44 bits per heavy atom. The number of unbranched alkanes of at least 4 members (excludes halogenated alkanes) is 1. The lowest BCUT2D eigenvalue weighted by Gasteiger charge is -2.12. The van der Waals surface area contributed by atoms with Crippen molar-refractivity contribution in [2.75, 3.05) is 11.1 Å². The Balaban J connectivity index is 2.60. The molecule has 1 unspecified atom stereocenters. The number of nitrogens with one attached hydrogen (secondary N) is 1. The fourth-order valence-electron chi connectivity index (χ4n) is 1.46. The summed E-state index contributed by atoms with van der Waals surface area (Å²) in [7, 11) is 0. The standard InChI is InChI=1S/C11H17N5O2/c1-3-4-5-6-8(2)14-11-13-7-9(16(17)18)10(12)15-11/h3,7-8H,1,4-6H2,2H3,(H3,12,13,14,15). The molecule has 0 aliphatic heterocycles. The van der Waals surface area contributed by atoms with Crippen LogP contribution in [0.5, 0.6) is 0 Å². The van der Waals surface area contributed by atoms with Crippen molar-refractivity contribution in [1.82, 2.24) is 9.97 Å². The SMILES string of the molecule is C=CCCCC(C)Nc1ncc([N+](=O)[O-])c(N)n1. The van der Waals surface area contributed by atoms with E-state index in [1.54, 1.807) is 0 Å². The lowest BCUT2D eigenvalue weighted by atomic mass is 10.1. The third-order valence-corrected chi connectivity index (χ3v) is 2.42. The first-order valence-corrected chi connectivity index (χ1v) is 5.69. The number of nitrogens with zero attached hydrogens (tertiary/aromatic N) is 3. The van der Waals surface area contributed by atoms with Crippen molar-refractivity contribution in [3.63, 3.8) is 0 Å². The van der Waals surface area contributed by atoms with E-state index < -0.39 is 4.92 Å². The number of allylic oxidation sites excluding steroid dienone is 1. The highest BCUT2D eigenvalue weighted by Crippen LogP contribution is 2.18. The van der Waals surface area contributed by atoms with E-state index in [1.807, 2.05) is 13.0 Å². The molecule has 3 N–H and O–H groups in total. The summed E-state index contributed by atoms with van der Waals surface area (Å²) in [6.07, 6.45) is 5.88. The predicted octanol–water partition coefficient (Wildman–Crippen LogP) is 2.12. The minimum Gasteiger partial charge on any atom is -0.378 e. The summed E-state index contributed by atoms with van der Waals surface area (Å²) in [4.78, 5) is 17.7. The number of rotatable bonds is 7. The van der Waals surface area contributed by atoms with Crippen molar-refractivity contribution >= 4 is 17.5 Å². The number of anilines is 2. The Morgan fingerprint density at radius 3 is 3.00 bits per heavy atom. The highest BCUT2D eigenvalue weighted by molar-refractivity contribution is 5.53. The van der Waals surface area contributed by atoms with Gasteiger partial charge in [-0.15, -0.1) is 6.58 Å². The van der Waals surface area contributed by atoms with Crippen molar-refractivity contribution in [1.29, 1.82) is 0 Å². The quantitative estimate of drug-likeness (QED) is 0.332. The summed E-state index contributed by atoms with van der Waals surface area (Å²) in [5.74, 6) is 0.181. The second-order valence-corrected chi connectivity index (χ2v) is 3.99. The molecule has 0 spiro atoms. The number of nitrogen functional groups attached to an aromatic ring is 1. The van der Waals surface area contributed by atoms with Gasteiger partial charge in [-0.05, 0) is 26.2 Å². The van der Waals surface area contributed by atoms with E-state index in [4.69, 9.17) is 5.73 Å². The molecule has 1 aromatic heterocycles. The number of nitro groups is 1. The molecule has 0 aliphatic carbocycles. The molecule has 0 bridgehead atoms. The van der Waals surface area contributed by atoms with Crippen LogP contribution in [0.15, 0.2) is 18.9 Å². The minimum absolute atomic E-state index is 0.129. The highest BCUT2D eigenvalue weighted by Gasteiger charge is 2.14. The molecule has 7 heteroatoms. The zero-order valence-corrected chi connectivity index (χ0v) is 10.3. The van der Waals surface area contributed by atoms with Gasteiger partial charge in [0, 0.05) is 6.04 Å². The van der Waals surface area contributed by atoms with Crippen LogP contribution in [-0.2, 0) is 0 Å². The van der Waals surface area contributed by atoms with Crippen molar-refractivity contribution < 1.29 is 4.92 Å². The average molecular weight is 251 g/mol. The van der Waals surface area contributed by atoms with Gasteiger partial charge in [0.2, 0.25) is 11.8 Å². The minimum atomic E-state index is -0.605. The van der Waals surface area contributed by atoms with Gasteiger partial charge in [0.05, 0.1) is 4.92 Å². The summed E-state index contributed by atoms with van der Waals surface area (Å²) >= 11 is 0. The third-order valence-electron chi connectivity index (χ3n) is 2.42. The van der Waals surface area contributed by atoms with Crippen LogP contribution >= 0.6 is 0 Å². The molecule has 0 aliphatic rings. The Kier molecular flexibility index (Phi) is 5.04. The maximum Gasteiger partial charge on any atom is 0.329 e. The first-order chi connectivity index (χ1) is 8.54. The van der Waals surface area contributed by atoms with Crippen LogP contribution in [0.1, 0.15) is 26.2 Å². The fourth-order valence-corrected chi connectivity index (χ4v) is 1.46. The Bertz CT molecular complexity index is 435. The maximum atomic E-state index is 10.5. The Morgan fingerprint density at radius 1 is 1.72 bits per heavy atom. The number of aromatic nitrogens is 2. The van der Waals surface area contributed by atoms with Gasteiger partial charge in [-0.1, -0.05) is 6.08 Å². The van der Waals surface area contributed by atoms with E-state index in [-0.39, 0.29) is 17.5 Å². The van der Waals surface area contributed by atoms with Crippen molar-refractivity contribution in [3.8, 4) is 0 Å². The molecule has 1 rings (SSSR count). The monoisotopic (exact) mass is 251 g/mol. The van der Waals surface area contributed by atoms with Gasteiger partial charge >= 0.3 is 5.69 Å². The molecule has 0 saturated heterocycles. The highest BCUT2D eigenvalue weighted by atomic mass is 16.6. The van der Waals surface area contributed by atoms with E-state index in [9.17, 15) is 10.1 Å². The first-order valence-electron chi connectivity index (χ1n) is 5.69. The van der Waals surface area contributed by atoms with Crippen LogP contribution < -0.4 is 11.1 Å². The van der Waals surface area contributed by atoms with E-state index in [0.29, 0.717) is 5.95 Å². The van der Waals surface area contributed by atoms with E-state index in [0.717, 1.165) is 25.5 Å². The molecule has 1 atom stereocenters. The second-order valence-electron chi connectivity index (χ2n) is 3.99. The average Bonchev–Trinajstić information content (AvgIpc) is 2.28. The Hall–Kier alpha value is -2.18. The summed E-state index contributed by atoms with van der Waals surface area (Å²) in [5, 5.41) is 13.6. The first kappa shape index (κ1) is 13.9. The summed E-state index contributed by atoms with van der Waals surface area (Å²) < 4.78 is 0.